The van der Waals surface area contributed by atoms with E-state index < -0.39 is 11.6 Å². The molecule has 104 valence electrons. The summed E-state index contributed by atoms with van der Waals surface area (Å²) in [5.41, 5.74) is 0.636. The van der Waals surface area contributed by atoms with E-state index in [9.17, 15) is 8.78 Å². The Morgan fingerprint density at radius 3 is 2.63 bits per heavy atom. The van der Waals surface area contributed by atoms with E-state index in [0.29, 0.717) is 23.9 Å². The van der Waals surface area contributed by atoms with Crippen molar-refractivity contribution in [3.8, 4) is 0 Å². The number of halogens is 2. The van der Waals surface area contributed by atoms with Crippen molar-refractivity contribution in [2.45, 2.75) is 38.6 Å². The maximum absolute atomic E-state index is 13.8. The molecule has 0 amide bonds. The summed E-state index contributed by atoms with van der Waals surface area (Å²) in [6, 6.07) is 4.29. The summed E-state index contributed by atoms with van der Waals surface area (Å²) in [4.78, 5) is 0. The maximum atomic E-state index is 13.8. The Bertz CT molecular complexity index is 450. The molecule has 1 aromatic rings. The van der Waals surface area contributed by atoms with Crippen LogP contribution in [-0.4, -0.2) is 12.6 Å². The fraction of sp³-hybridized carbons (Fsp3) is 0.625. The molecule has 0 heterocycles. The van der Waals surface area contributed by atoms with E-state index in [4.69, 9.17) is 0 Å². The highest BCUT2D eigenvalue weighted by atomic mass is 19.1. The molecule has 2 aliphatic carbocycles. The standard InChI is InChI=1S/C16H21F2N/c1-2-19-15(16-12-4-3-5-13(12)16)8-10-6-7-11(17)9-14(10)18/h6-7,9,12-13,15-16,19H,2-5,8H2,1H3. The first-order valence-electron chi connectivity index (χ1n) is 7.38. The van der Waals surface area contributed by atoms with E-state index in [2.05, 4.69) is 12.2 Å². The third kappa shape index (κ3) is 2.53. The first-order chi connectivity index (χ1) is 9.20. The van der Waals surface area contributed by atoms with Crippen LogP contribution in [-0.2, 0) is 6.42 Å². The number of nitrogens with one attached hydrogen (secondary N) is 1. The number of benzene rings is 1. The van der Waals surface area contributed by atoms with Crippen molar-refractivity contribution in [2.75, 3.05) is 6.54 Å². The average Bonchev–Trinajstić information content (AvgIpc) is 2.85. The van der Waals surface area contributed by atoms with Crippen molar-refractivity contribution in [3.05, 3.63) is 35.4 Å². The molecule has 0 radical (unpaired) electrons. The van der Waals surface area contributed by atoms with Crippen molar-refractivity contribution in [1.29, 1.82) is 0 Å². The zero-order valence-electron chi connectivity index (χ0n) is 11.3. The van der Waals surface area contributed by atoms with Crippen LogP contribution in [0.25, 0.3) is 0 Å². The van der Waals surface area contributed by atoms with Crippen LogP contribution in [0.15, 0.2) is 18.2 Å². The summed E-state index contributed by atoms with van der Waals surface area (Å²) in [5.74, 6) is 1.51. The molecule has 1 aromatic carbocycles. The molecule has 0 aliphatic heterocycles. The summed E-state index contributed by atoms with van der Waals surface area (Å²) < 4.78 is 26.7. The highest BCUT2D eigenvalue weighted by Gasteiger charge is 2.55. The van der Waals surface area contributed by atoms with Crippen LogP contribution in [0.3, 0.4) is 0 Å². The molecule has 3 atom stereocenters. The van der Waals surface area contributed by atoms with Gasteiger partial charge in [-0.2, -0.15) is 0 Å². The third-order valence-electron chi connectivity index (χ3n) is 4.86. The van der Waals surface area contributed by atoms with Crippen LogP contribution in [0.2, 0.25) is 0 Å². The minimum atomic E-state index is -0.496. The third-order valence-corrected chi connectivity index (χ3v) is 4.86. The number of fused-ring (bicyclic) bond motifs is 1. The van der Waals surface area contributed by atoms with Crippen molar-refractivity contribution in [3.63, 3.8) is 0 Å². The SMILES string of the molecule is CCNC(Cc1ccc(F)cc1F)C1C2CCCC21. The van der Waals surface area contributed by atoms with Crippen molar-refractivity contribution in [1.82, 2.24) is 5.32 Å². The Morgan fingerprint density at radius 1 is 1.26 bits per heavy atom. The fourth-order valence-corrected chi connectivity index (χ4v) is 4.00. The molecule has 0 aromatic heterocycles. The number of rotatable bonds is 5. The van der Waals surface area contributed by atoms with Gasteiger partial charge in [0.25, 0.3) is 0 Å². The predicted octanol–water partition coefficient (Wildman–Crippen LogP) is 3.53. The number of hydrogen-bond donors (Lipinski definition) is 1. The van der Waals surface area contributed by atoms with Gasteiger partial charge >= 0.3 is 0 Å². The lowest BCUT2D eigenvalue weighted by Crippen LogP contribution is -2.34. The Balaban J connectivity index is 1.71. The van der Waals surface area contributed by atoms with Gasteiger partial charge < -0.3 is 5.32 Å². The second-order valence-corrected chi connectivity index (χ2v) is 5.94. The van der Waals surface area contributed by atoms with Gasteiger partial charge in [-0.05, 0) is 55.2 Å². The molecule has 2 fully saturated rings. The molecule has 19 heavy (non-hydrogen) atoms. The molecule has 0 spiro atoms. The van der Waals surface area contributed by atoms with E-state index in [0.717, 1.165) is 24.4 Å². The quantitative estimate of drug-likeness (QED) is 0.858. The Kier molecular flexibility index (Phi) is 3.57. The molecule has 3 heteroatoms. The van der Waals surface area contributed by atoms with Crippen LogP contribution < -0.4 is 5.32 Å². The number of hydrogen-bond acceptors (Lipinski definition) is 1. The topological polar surface area (TPSA) is 12.0 Å². The van der Waals surface area contributed by atoms with Crippen LogP contribution >= 0.6 is 0 Å². The van der Waals surface area contributed by atoms with E-state index in [1.807, 2.05) is 0 Å². The predicted molar refractivity (Wildman–Crippen MR) is 71.8 cm³/mol. The first kappa shape index (κ1) is 13.0. The summed E-state index contributed by atoms with van der Waals surface area (Å²) in [6.07, 6.45) is 4.71. The molecule has 0 bridgehead atoms. The Morgan fingerprint density at radius 2 is 2.00 bits per heavy atom. The normalized spacial score (nSPS) is 30.2. The fourth-order valence-electron chi connectivity index (χ4n) is 4.00. The average molecular weight is 265 g/mol. The van der Waals surface area contributed by atoms with Crippen LogP contribution in [0, 0.1) is 29.4 Å². The summed E-state index contributed by atoms with van der Waals surface area (Å²) in [5, 5.41) is 3.50. The Hall–Kier alpha value is -0.960. The molecule has 0 saturated heterocycles. The van der Waals surface area contributed by atoms with Crippen molar-refractivity contribution < 1.29 is 8.78 Å². The van der Waals surface area contributed by atoms with E-state index in [-0.39, 0.29) is 0 Å². The molecule has 3 rings (SSSR count). The van der Waals surface area contributed by atoms with Gasteiger partial charge in [0.05, 0.1) is 0 Å². The van der Waals surface area contributed by atoms with Crippen LogP contribution in [0.4, 0.5) is 8.78 Å². The zero-order chi connectivity index (χ0) is 13.4. The lowest BCUT2D eigenvalue weighted by molar-refractivity contribution is 0.405. The summed E-state index contributed by atoms with van der Waals surface area (Å²) in [6.45, 7) is 3.00. The summed E-state index contributed by atoms with van der Waals surface area (Å²) in [7, 11) is 0. The maximum Gasteiger partial charge on any atom is 0.129 e. The molecule has 1 N–H and O–H groups in total. The van der Waals surface area contributed by atoms with Gasteiger partial charge in [-0.3, -0.25) is 0 Å². The molecule has 2 aliphatic rings. The lowest BCUT2D eigenvalue weighted by atomic mass is 9.96. The molecular formula is C16H21F2N. The van der Waals surface area contributed by atoms with Gasteiger partial charge in [0, 0.05) is 12.1 Å². The van der Waals surface area contributed by atoms with E-state index in [1.165, 1.54) is 25.3 Å². The molecule has 1 nitrogen and oxygen atoms in total. The highest BCUT2D eigenvalue weighted by Crippen LogP contribution is 2.59. The summed E-state index contributed by atoms with van der Waals surface area (Å²) >= 11 is 0. The van der Waals surface area contributed by atoms with Gasteiger partial charge in [0.2, 0.25) is 0 Å². The van der Waals surface area contributed by atoms with Gasteiger partial charge in [-0.1, -0.05) is 19.4 Å². The highest BCUT2D eigenvalue weighted by molar-refractivity contribution is 5.21. The van der Waals surface area contributed by atoms with E-state index >= 15 is 0 Å². The van der Waals surface area contributed by atoms with Gasteiger partial charge in [0.15, 0.2) is 0 Å². The largest absolute Gasteiger partial charge is 0.314 e. The zero-order valence-corrected chi connectivity index (χ0v) is 11.3. The number of likely N-dealkylation sites (N-methyl/N-ethyl adjacent to an activating group) is 1. The van der Waals surface area contributed by atoms with Crippen molar-refractivity contribution >= 4 is 0 Å². The van der Waals surface area contributed by atoms with E-state index in [1.54, 1.807) is 6.07 Å². The molecule has 3 unspecified atom stereocenters. The monoisotopic (exact) mass is 265 g/mol. The van der Waals surface area contributed by atoms with Crippen molar-refractivity contribution in [2.24, 2.45) is 17.8 Å². The minimum Gasteiger partial charge on any atom is -0.314 e. The molecule has 2 saturated carbocycles. The first-order valence-corrected chi connectivity index (χ1v) is 7.38. The van der Waals surface area contributed by atoms with Crippen LogP contribution in [0.1, 0.15) is 31.7 Å². The van der Waals surface area contributed by atoms with Gasteiger partial charge in [0.1, 0.15) is 11.6 Å². The lowest BCUT2D eigenvalue weighted by Gasteiger charge is -2.20. The minimum absolute atomic E-state index is 0.347. The van der Waals surface area contributed by atoms with Gasteiger partial charge in [-0.25, -0.2) is 8.78 Å². The van der Waals surface area contributed by atoms with Gasteiger partial charge in [-0.15, -0.1) is 0 Å². The Labute approximate surface area is 113 Å². The molecular weight excluding hydrogens is 244 g/mol. The second-order valence-electron chi connectivity index (χ2n) is 5.94. The second kappa shape index (κ2) is 5.20. The van der Waals surface area contributed by atoms with Crippen LogP contribution in [0.5, 0.6) is 0 Å². The smallest absolute Gasteiger partial charge is 0.129 e.